The lowest BCUT2D eigenvalue weighted by Crippen LogP contribution is -2.35. The zero-order valence-electron chi connectivity index (χ0n) is 8.31. The van der Waals surface area contributed by atoms with Crippen molar-refractivity contribution in [3.63, 3.8) is 0 Å². The first-order valence-electron chi connectivity index (χ1n) is 4.68. The van der Waals surface area contributed by atoms with Crippen molar-refractivity contribution in [3.8, 4) is 0 Å². The largest absolute Gasteiger partial charge is 0.355 e. The molecule has 0 fully saturated rings. The molecule has 0 bridgehead atoms. The van der Waals surface area contributed by atoms with Gasteiger partial charge < -0.3 is 11.1 Å². The molecule has 1 atom stereocenters. The van der Waals surface area contributed by atoms with E-state index in [1.54, 1.807) is 10.9 Å². The fourth-order valence-corrected chi connectivity index (χ4v) is 1.01. The highest BCUT2D eigenvalue weighted by Gasteiger charge is 2.02. The van der Waals surface area contributed by atoms with Gasteiger partial charge in [-0.25, -0.2) is 0 Å². The van der Waals surface area contributed by atoms with E-state index in [2.05, 4.69) is 10.4 Å². The zero-order chi connectivity index (χ0) is 10.4. The first-order valence-corrected chi connectivity index (χ1v) is 4.68. The van der Waals surface area contributed by atoms with Crippen LogP contribution in [-0.4, -0.2) is 28.3 Å². The number of nitrogens with two attached hydrogens (primary N) is 1. The van der Waals surface area contributed by atoms with Gasteiger partial charge in [-0.2, -0.15) is 5.10 Å². The third-order valence-corrected chi connectivity index (χ3v) is 1.75. The average molecular weight is 196 g/mol. The van der Waals surface area contributed by atoms with Crippen LogP contribution in [0.4, 0.5) is 0 Å². The van der Waals surface area contributed by atoms with Crippen LogP contribution >= 0.6 is 0 Å². The number of nitrogens with zero attached hydrogens (tertiary/aromatic N) is 2. The van der Waals surface area contributed by atoms with Crippen LogP contribution in [0, 0.1) is 0 Å². The number of amides is 1. The van der Waals surface area contributed by atoms with Crippen LogP contribution in [0.25, 0.3) is 0 Å². The lowest BCUT2D eigenvalue weighted by molar-refractivity contribution is -0.121. The highest BCUT2D eigenvalue weighted by Crippen LogP contribution is 1.89. The highest BCUT2D eigenvalue weighted by molar-refractivity contribution is 5.75. The first kappa shape index (κ1) is 10.7. The van der Waals surface area contributed by atoms with Crippen molar-refractivity contribution in [2.45, 2.75) is 25.9 Å². The molecular formula is C9H16N4O. The summed E-state index contributed by atoms with van der Waals surface area (Å²) in [7, 11) is 0. The van der Waals surface area contributed by atoms with E-state index in [1.807, 2.05) is 19.2 Å². The van der Waals surface area contributed by atoms with Gasteiger partial charge in [0.05, 0.1) is 0 Å². The van der Waals surface area contributed by atoms with Crippen LogP contribution in [0.2, 0.25) is 0 Å². The number of carbonyl (C=O) groups excluding carboxylic acids is 1. The van der Waals surface area contributed by atoms with Crippen molar-refractivity contribution in [3.05, 3.63) is 18.5 Å². The molecule has 1 aromatic rings. The minimum atomic E-state index is 0.00338. The Morgan fingerprint density at radius 3 is 3.07 bits per heavy atom. The van der Waals surface area contributed by atoms with Crippen LogP contribution < -0.4 is 11.1 Å². The number of hydrogen-bond acceptors (Lipinski definition) is 3. The minimum absolute atomic E-state index is 0.00338. The maximum Gasteiger partial charge on any atom is 0.221 e. The Morgan fingerprint density at radius 2 is 2.50 bits per heavy atom. The van der Waals surface area contributed by atoms with Gasteiger partial charge in [-0.3, -0.25) is 9.48 Å². The predicted molar refractivity (Wildman–Crippen MR) is 53.5 cm³/mol. The second-order valence-electron chi connectivity index (χ2n) is 3.30. The van der Waals surface area contributed by atoms with Crippen molar-refractivity contribution in [1.82, 2.24) is 15.1 Å². The lowest BCUT2D eigenvalue weighted by atomic mass is 10.3. The van der Waals surface area contributed by atoms with E-state index >= 15 is 0 Å². The fourth-order valence-electron chi connectivity index (χ4n) is 1.01. The lowest BCUT2D eigenvalue weighted by Gasteiger charge is -2.07. The summed E-state index contributed by atoms with van der Waals surface area (Å²) in [5.74, 6) is 0.0119. The Labute approximate surface area is 83.3 Å². The quantitative estimate of drug-likeness (QED) is 0.681. The van der Waals surface area contributed by atoms with Crippen LogP contribution in [0.15, 0.2) is 18.5 Å². The molecule has 1 unspecified atom stereocenters. The minimum Gasteiger partial charge on any atom is -0.355 e. The monoisotopic (exact) mass is 196 g/mol. The SMILES string of the molecule is CC(N)CNC(=O)CCn1cccn1. The smallest absolute Gasteiger partial charge is 0.221 e. The molecule has 0 aliphatic heterocycles. The molecular weight excluding hydrogens is 180 g/mol. The maximum atomic E-state index is 11.2. The van der Waals surface area contributed by atoms with Gasteiger partial charge in [0.2, 0.25) is 5.91 Å². The van der Waals surface area contributed by atoms with Gasteiger partial charge in [-0.1, -0.05) is 0 Å². The van der Waals surface area contributed by atoms with Gasteiger partial charge in [-0.05, 0) is 13.0 Å². The summed E-state index contributed by atoms with van der Waals surface area (Å²) >= 11 is 0. The number of aryl methyl sites for hydroxylation is 1. The molecule has 78 valence electrons. The molecule has 0 saturated heterocycles. The Morgan fingerprint density at radius 1 is 1.71 bits per heavy atom. The third-order valence-electron chi connectivity index (χ3n) is 1.75. The number of hydrogen-bond donors (Lipinski definition) is 2. The van der Waals surface area contributed by atoms with Gasteiger partial charge in [0.1, 0.15) is 0 Å². The summed E-state index contributed by atoms with van der Waals surface area (Å²) in [6.45, 7) is 2.99. The maximum absolute atomic E-state index is 11.2. The van der Waals surface area contributed by atoms with E-state index in [0.717, 1.165) is 0 Å². The number of nitrogens with one attached hydrogen (secondary N) is 1. The Bertz CT molecular complexity index is 268. The van der Waals surface area contributed by atoms with E-state index in [1.165, 1.54) is 0 Å². The molecule has 3 N–H and O–H groups in total. The van der Waals surface area contributed by atoms with Crippen LogP contribution in [-0.2, 0) is 11.3 Å². The van der Waals surface area contributed by atoms with Gasteiger partial charge in [0, 0.05) is 37.9 Å². The second-order valence-corrected chi connectivity index (χ2v) is 3.30. The molecule has 0 aromatic carbocycles. The summed E-state index contributed by atoms with van der Waals surface area (Å²) < 4.78 is 1.73. The summed E-state index contributed by atoms with van der Waals surface area (Å²) in [5.41, 5.74) is 5.50. The highest BCUT2D eigenvalue weighted by atomic mass is 16.1. The molecule has 0 aliphatic carbocycles. The molecule has 0 aliphatic rings. The molecule has 1 aromatic heterocycles. The zero-order valence-corrected chi connectivity index (χ0v) is 8.31. The molecule has 14 heavy (non-hydrogen) atoms. The number of carbonyl (C=O) groups is 1. The summed E-state index contributed by atoms with van der Waals surface area (Å²) in [6.07, 6.45) is 3.97. The van der Waals surface area contributed by atoms with Gasteiger partial charge in [0.15, 0.2) is 0 Å². The molecule has 5 nitrogen and oxygen atoms in total. The fraction of sp³-hybridized carbons (Fsp3) is 0.556. The van der Waals surface area contributed by atoms with Crippen LogP contribution in [0.3, 0.4) is 0 Å². The van der Waals surface area contributed by atoms with E-state index in [9.17, 15) is 4.79 Å². The average Bonchev–Trinajstić information content (AvgIpc) is 2.63. The van der Waals surface area contributed by atoms with E-state index in [4.69, 9.17) is 5.73 Å². The van der Waals surface area contributed by atoms with Crippen molar-refractivity contribution in [2.75, 3.05) is 6.54 Å². The molecule has 1 heterocycles. The topological polar surface area (TPSA) is 72.9 Å². The number of aromatic nitrogens is 2. The van der Waals surface area contributed by atoms with Crippen LogP contribution in [0.1, 0.15) is 13.3 Å². The summed E-state index contributed by atoms with van der Waals surface area (Å²) in [5, 5.41) is 6.73. The third kappa shape index (κ3) is 4.04. The van der Waals surface area contributed by atoms with Crippen molar-refractivity contribution < 1.29 is 4.79 Å². The summed E-state index contributed by atoms with van der Waals surface area (Å²) in [4.78, 5) is 11.2. The Balaban J connectivity index is 2.15. The molecule has 0 radical (unpaired) electrons. The van der Waals surface area contributed by atoms with Gasteiger partial charge in [0.25, 0.3) is 0 Å². The van der Waals surface area contributed by atoms with E-state index in [0.29, 0.717) is 19.5 Å². The first-order chi connectivity index (χ1) is 6.68. The van der Waals surface area contributed by atoms with E-state index in [-0.39, 0.29) is 11.9 Å². The Kier molecular flexibility index (Phi) is 4.12. The molecule has 1 rings (SSSR count). The van der Waals surface area contributed by atoms with Crippen molar-refractivity contribution in [2.24, 2.45) is 5.73 Å². The van der Waals surface area contributed by atoms with Crippen molar-refractivity contribution >= 4 is 5.91 Å². The molecule has 0 spiro atoms. The van der Waals surface area contributed by atoms with Gasteiger partial charge >= 0.3 is 0 Å². The molecule has 0 saturated carbocycles. The molecule has 5 heteroatoms. The van der Waals surface area contributed by atoms with Crippen LogP contribution in [0.5, 0.6) is 0 Å². The summed E-state index contributed by atoms with van der Waals surface area (Å²) in [6, 6.07) is 1.84. The van der Waals surface area contributed by atoms with Crippen molar-refractivity contribution in [1.29, 1.82) is 0 Å². The number of rotatable bonds is 5. The predicted octanol–water partition coefficient (Wildman–Crippen LogP) is -0.263. The standard InChI is InChI=1S/C9H16N4O/c1-8(10)7-11-9(14)3-6-13-5-2-4-12-13/h2,4-5,8H,3,6-7,10H2,1H3,(H,11,14). The Hall–Kier alpha value is -1.36. The van der Waals surface area contributed by atoms with E-state index < -0.39 is 0 Å². The molecule has 1 amide bonds. The normalized spacial score (nSPS) is 12.4. The van der Waals surface area contributed by atoms with Gasteiger partial charge in [-0.15, -0.1) is 0 Å². The second kappa shape index (κ2) is 5.39.